The van der Waals surface area contributed by atoms with Gasteiger partial charge in [0.05, 0.1) is 24.9 Å². The van der Waals surface area contributed by atoms with Crippen molar-refractivity contribution >= 4 is 28.1 Å². The van der Waals surface area contributed by atoms with Crippen LogP contribution < -0.4 is 15.5 Å². The van der Waals surface area contributed by atoms with E-state index < -0.39 is 10.6 Å². The Hall–Kier alpha value is -2.40. The number of anilines is 2. The van der Waals surface area contributed by atoms with Gasteiger partial charge in [0.2, 0.25) is 0 Å². The molecule has 1 saturated carbocycles. The molecule has 4 N–H and O–H groups in total. The Morgan fingerprint density at radius 3 is 2.71 bits per heavy atom. The van der Waals surface area contributed by atoms with Gasteiger partial charge in [-0.05, 0) is 44.0 Å². The van der Waals surface area contributed by atoms with Crippen molar-refractivity contribution in [1.29, 1.82) is 0 Å². The number of rotatable bonds is 4. The minimum Gasteiger partial charge on any atom is -0.377 e. The monoisotopic (exact) mass is 445 g/mol. The SMILES string of the molecule is CC1COCCN1c1nc(-c2ccc(NC(=O)NC3CC3)cc2)nc2c1S(O)(O)CC2. The zero-order chi connectivity index (χ0) is 21.6. The maximum atomic E-state index is 11.9. The van der Waals surface area contributed by atoms with Crippen LogP contribution in [0.25, 0.3) is 11.4 Å². The molecule has 1 saturated heterocycles. The van der Waals surface area contributed by atoms with Crippen LogP contribution in [0.1, 0.15) is 25.5 Å². The van der Waals surface area contributed by atoms with Crippen molar-refractivity contribution < 1.29 is 18.6 Å². The molecule has 3 aliphatic rings. The second kappa shape index (κ2) is 7.94. The fraction of sp³-hybridized carbons (Fsp3) is 0.476. The number of fused-ring (bicyclic) bond motifs is 1. The van der Waals surface area contributed by atoms with Crippen molar-refractivity contribution in [1.82, 2.24) is 15.3 Å². The first kappa shape index (κ1) is 20.5. The summed E-state index contributed by atoms with van der Waals surface area (Å²) in [6.07, 6.45) is 2.59. The summed E-state index contributed by atoms with van der Waals surface area (Å²) < 4.78 is 26.8. The zero-order valence-corrected chi connectivity index (χ0v) is 18.2. The van der Waals surface area contributed by atoms with E-state index >= 15 is 0 Å². The number of morpholine rings is 1. The number of amides is 2. The van der Waals surface area contributed by atoms with E-state index in [0.29, 0.717) is 60.1 Å². The summed E-state index contributed by atoms with van der Waals surface area (Å²) in [6.45, 7) is 3.82. The maximum absolute atomic E-state index is 11.9. The molecule has 9 nitrogen and oxygen atoms in total. The first-order valence-corrected chi connectivity index (χ1v) is 12.3. The quantitative estimate of drug-likeness (QED) is 0.570. The van der Waals surface area contributed by atoms with Crippen LogP contribution in [0.2, 0.25) is 0 Å². The molecule has 10 heteroatoms. The number of benzene rings is 1. The second-order valence-electron chi connectivity index (χ2n) is 8.33. The first-order chi connectivity index (χ1) is 14.9. The lowest BCUT2D eigenvalue weighted by atomic mass is 10.1. The predicted molar refractivity (Wildman–Crippen MR) is 120 cm³/mol. The molecule has 2 aromatic rings. The number of nitrogens with one attached hydrogen (secondary N) is 2. The van der Waals surface area contributed by atoms with Gasteiger partial charge in [-0.1, -0.05) is 0 Å². The van der Waals surface area contributed by atoms with Crippen molar-refractivity contribution in [3.05, 3.63) is 30.0 Å². The lowest BCUT2D eigenvalue weighted by Crippen LogP contribution is -2.44. The van der Waals surface area contributed by atoms with E-state index in [-0.39, 0.29) is 17.8 Å². The third kappa shape index (κ3) is 4.20. The average Bonchev–Trinajstić information content (AvgIpc) is 3.50. The topological polar surface area (TPSA) is 120 Å². The van der Waals surface area contributed by atoms with Crippen LogP contribution in [0.3, 0.4) is 0 Å². The normalized spacial score (nSPS) is 23.2. The summed E-state index contributed by atoms with van der Waals surface area (Å²) in [5.41, 5.74) is 2.20. The summed E-state index contributed by atoms with van der Waals surface area (Å²) in [5.74, 6) is 1.42. The van der Waals surface area contributed by atoms with Gasteiger partial charge in [0.25, 0.3) is 0 Å². The van der Waals surface area contributed by atoms with E-state index in [1.165, 1.54) is 0 Å². The third-order valence-electron chi connectivity index (χ3n) is 5.82. The molecule has 2 aliphatic heterocycles. The van der Waals surface area contributed by atoms with Crippen LogP contribution in [0.4, 0.5) is 16.3 Å². The molecular formula is C21H27N5O4S. The van der Waals surface area contributed by atoms with Crippen molar-refractivity contribution in [2.24, 2.45) is 0 Å². The molecule has 31 heavy (non-hydrogen) atoms. The van der Waals surface area contributed by atoms with E-state index in [2.05, 4.69) is 20.5 Å². The molecule has 2 amide bonds. The van der Waals surface area contributed by atoms with Gasteiger partial charge in [-0.3, -0.25) is 9.11 Å². The van der Waals surface area contributed by atoms with Crippen LogP contribution in [0.5, 0.6) is 0 Å². The lowest BCUT2D eigenvalue weighted by molar-refractivity contribution is 0.0982. The Balaban J connectivity index is 1.45. The fourth-order valence-electron chi connectivity index (χ4n) is 3.98. The number of aryl methyl sites for hydroxylation is 1. The van der Waals surface area contributed by atoms with E-state index in [4.69, 9.17) is 9.72 Å². The Morgan fingerprint density at radius 2 is 2.00 bits per heavy atom. The van der Waals surface area contributed by atoms with Gasteiger partial charge in [-0.15, -0.1) is 0 Å². The van der Waals surface area contributed by atoms with Gasteiger partial charge in [0.15, 0.2) is 11.6 Å². The highest BCUT2D eigenvalue weighted by Crippen LogP contribution is 2.58. The number of nitrogens with zero attached hydrogens (tertiary/aromatic N) is 3. The van der Waals surface area contributed by atoms with Crippen LogP contribution in [0.15, 0.2) is 29.2 Å². The summed E-state index contributed by atoms with van der Waals surface area (Å²) >= 11 is 0. The second-order valence-corrected chi connectivity index (χ2v) is 10.5. The van der Waals surface area contributed by atoms with E-state index in [1.807, 2.05) is 31.2 Å². The van der Waals surface area contributed by atoms with Crippen LogP contribution in [-0.2, 0) is 11.2 Å². The van der Waals surface area contributed by atoms with Gasteiger partial charge in [0, 0.05) is 36.0 Å². The zero-order valence-electron chi connectivity index (χ0n) is 17.4. The smallest absolute Gasteiger partial charge is 0.319 e. The number of aromatic nitrogens is 2. The Labute approximate surface area is 182 Å². The molecule has 1 atom stereocenters. The van der Waals surface area contributed by atoms with E-state index in [0.717, 1.165) is 18.4 Å². The molecule has 0 radical (unpaired) electrons. The van der Waals surface area contributed by atoms with Crippen molar-refractivity contribution in [3.8, 4) is 11.4 Å². The standard InChI is InChI=1S/C21H27N5O4S/c1-13-12-30-10-9-26(13)20-18-17(8-11-31(18,28)29)24-19(25-20)14-2-4-15(5-3-14)22-21(27)23-16-6-7-16/h2-5,13,16,28-29H,6-12H2,1H3,(H2,22,23,27). The third-order valence-corrected chi connectivity index (χ3v) is 7.67. The molecule has 5 rings (SSSR count). The molecule has 1 unspecified atom stereocenters. The average molecular weight is 446 g/mol. The molecule has 1 aromatic heterocycles. The molecular weight excluding hydrogens is 418 g/mol. The number of carbonyl (C=O) groups is 1. The summed E-state index contributed by atoms with van der Waals surface area (Å²) in [7, 11) is -2.90. The summed E-state index contributed by atoms with van der Waals surface area (Å²) in [4.78, 5) is 24.0. The number of hydrogen-bond acceptors (Lipinski definition) is 7. The predicted octanol–water partition coefficient (Wildman–Crippen LogP) is 3.32. The van der Waals surface area contributed by atoms with Gasteiger partial charge in [-0.25, -0.2) is 14.8 Å². The highest BCUT2D eigenvalue weighted by atomic mass is 32.3. The molecule has 0 bridgehead atoms. The van der Waals surface area contributed by atoms with Gasteiger partial charge in [0.1, 0.15) is 4.90 Å². The van der Waals surface area contributed by atoms with Crippen molar-refractivity contribution in [2.45, 2.75) is 43.2 Å². The van der Waals surface area contributed by atoms with Crippen molar-refractivity contribution in [2.75, 3.05) is 35.7 Å². The molecule has 1 aromatic carbocycles. The highest BCUT2D eigenvalue weighted by Gasteiger charge is 2.36. The molecule has 0 spiro atoms. The molecule has 3 heterocycles. The summed E-state index contributed by atoms with van der Waals surface area (Å²) in [6, 6.07) is 7.56. The number of ether oxygens (including phenoxy) is 1. The maximum Gasteiger partial charge on any atom is 0.319 e. The van der Waals surface area contributed by atoms with Gasteiger partial charge >= 0.3 is 6.03 Å². The minimum atomic E-state index is -2.90. The largest absolute Gasteiger partial charge is 0.377 e. The molecule has 166 valence electrons. The van der Waals surface area contributed by atoms with E-state index in [1.54, 1.807) is 0 Å². The Bertz CT molecular complexity index is 996. The fourth-order valence-corrected chi connectivity index (χ4v) is 5.64. The Morgan fingerprint density at radius 1 is 1.23 bits per heavy atom. The number of hydrogen-bond donors (Lipinski definition) is 4. The highest BCUT2D eigenvalue weighted by molar-refractivity contribution is 8.24. The lowest BCUT2D eigenvalue weighted by Gasteiger charge is -2.38. The minimum absolute atomic E-state index is 0.0768. The van der Waals surface area contributed by atoms with Gasteiger partial charge in [-0.2, -0.15) is 10.6 Å². The Kier molecular flexibility index (Phi) is 5.25. The first-order valence-electron chi connectivity index (χ1n) is 10.6. The molecule has 2 fully saturated rings. The van der Waals surface area contributed by atoms with Gasteiger partial charge < -0.3 is 20.3 Å². The number of urea groups is 1. The van der Waals surface area contributed by atoms with Crippen LogP contribution in [-0.4, -0.2) is 62.7 Å². The van der Waals surface area contributed by atoms with Crippen LogP contribution >= 0.6 is 10.6 Å². The van der Waals surface area contributed by atoms with Crippen molar-refractivity contribution in [3.63, 3.8) is 0 Å². The number of carbonyl (C=O) groups excluding carboxylic acids is 1. The molecule has 1 aliphatic carbocycles. The van der Waals surface area contributed by atoms with Crippen LogP contribution in [0, 0.1) is 0 Å². The summed E-state index contributed by atoms with van der Waals surface area (Å²) in [5, 5.41) is 5.73. The van der Waals surface area contributed by atoms with E-state index in [9.17, 15) is 13.9 Å².